The summed E-state index contributed by atoms with van der Waals surface area (Å²) < 4.78 is 12.8. The fourth-order valence-electron chi connectivity index (χ4n) is 4.35. The number of ether oxygens (including phenoxy) is 1. The van der Waals surface area contributed by atoms with Crippen LogP contribution in [0.3, 0.4) is 0 Å². The lowest BCUT2D eigenvalue weighted by atomic mass is 9.80. The molecule has 19 heavy (non-hydrogen) atoms. The first-order valence-electron chi connectivity index (χ1n) is 8.20. The van der Waals surface area contributed by atoms with Crippen LogP contribution in [-0.4, -0.2) is 26.1 Å². The van der Waals surface area contributed by atoms with E-state index in [1.54, 1.807) is 0 Å². The number of rotatable bonds is 6. The van der Waals surface area contributed by atoms with Crippen molar-refractivity contribution in [2.24, 2.45) is 11.8 Å². The van der Waals surface area contributed by atoms with E-state index in [2.05, 4.69) is 41.5 Å². The number of epoxide rings is 1. The second kappa shape index (κ2) is 5.16. The second-order valence-electron chi connectivity index (χ2n) is 7.22. The fraction of sp³-hybridized carbons (Fsp3) is 1.00. The molecule has 0 N–H and O–H groups in total. The molecule has 0 aromatic heterocycles. The van der Waals surface area contributed by atoms with Gasteiger partial charge in [-0.15, -0.1) is 0 Å². The van der Waals surface area contributed by atoms with Crippen molar-refractivity contribution in [1.29, 1.82) is 0 Å². The van der Waals surface area contributed by atoms with Gasteiger partial charge >= 0.3 is 0 Å². The van der Waals surface area contributed by atoms with Crippen molar-refractivity contribution in [1.82, 2.24) is 0 Å². The minimum atomic E-state index is -1.53. The van der Waals surface area contributed by atoms with E-state index < -0.39 is 8.32 Å². The van der Waals surface area contributed by atoms with Crippen molar-refractivity contribution >= 4 is 8.32 Å². The molecule has 1 heterocycles. The van der Waals surface area contributed by atoms with Crippen LogP contribution in [0.25, 0.3) is 0 Å². The molecule has 0 bridgehead atoms. The van der Waals surface area contributed by atoms with Crippen LogP contribution in [0.15, 0.2) is 0 Å². The molecule has 1 spiro atoms. The Morgan fingerprint density at radius 2 is 1.68 bits per heavy atom. The van der Waals surface area contributed by atoms with Gasteiger partial charge in [0.2, 0.25) is 0 Å². The molecule has 0 radical (unpaired) electrons. The van der Waals surface area contributed by atoms with Crippen molar-refractivity contribution in [3.63, 3.8) is 0 Å². The third-order valence-electron chi connectivity index (χ3n) is 6.04. The number of hydrogen-bond acceptors (Lipinski definition) is 2. The summed E-state index contributed by atoms with van der Waals surface area (Å²) in [6.45, 7) is 14.9. The van der Waals surface area contributed by atoms with E-state index in [0.29, 0.717) is 11.8 Å². The van der Waals surface area contributed by atoms with E-state index in [1.807, 2.05) is 0 Å². The quantitative estimate of drug-likeness (QED) is 0.525. The van der Waals surface area contributed by atoms with Crippen LogP contribution in [0.1, 0.15) is 54.4 Å². The highest BCUT2D eigenvalue weighted by Crippen LogP contribution is 2.56. The maximum Gasteiger partial charge on any atom is 0.192 e. The van der Waals surface area contributed by atoms with Gasteiger partial charge in [-0.1, -0.05) is 27.7 Å². The van der Waals surface area contributed by atoms with Gasteiger partial charge in [0, 0.05) is 5.92 Å². The zero-order valence-corrected chi connectivity index (χ0v) is 14.7. The molecule has 3 heteroatoms. The van der Waals surface area contributed by atoms with E-state index >= 15 is 0 Å². The molecule has 2 nitrogen and oxygen atoms in total. The molecule has 0 unspecified atom stereocenters. The average molecular weight is 285 g/mol. The van der Waals surface area contributed by atoms with Gasteiger partial charge in [-0.3, -0.25) is 0 Å². The van der Waals surface area contributed by atoms with Crippen LogP contribution in [-0.2, 0) is 9.16 Å². The van der Waals surface area contributed by atoms with E-state index in [0.717, 1.165) is 6.61 Å². The molecule has 0 aromatic rings. The standard InChI is InChI=1S/C16H32O2Si/c1-7-19(8-2,9-3)18-15(5,6)14-11-10-13(4)16(14)12-17-16/h13-14H,7-12H2,1-6H3/t13-,14-,16-/m0/s1. The SMILES string of the molecule is CC[Si](CC)(CC)OC(C)(C)[C@@H]1CC[C@H](C)[C@@]12CO2. The molecule has 2 aliphatic rings. The van der Waals surface area contributed by atoms with Crippen LogP contribution in [0, 0.1) is 11.8 Å². The average Bonchev–Trinajstić information content (AvgIpc) is 3.10. The summed E-state index contributed by atoms with van der Waals surface area (Å²) in [5.41, 5.74) is 0.147. The van der Waals surface area contributed by atoms with Gasteiger partial charge in [-0.2, -0.15) is 0 Å². The maximum absolute atomic E-state index is 6.84. The number of hydrogen-bond donors (Lipinski definition) is 0. The summed E-state index contributed by atoms with van der Waals surface area (Å²) in [5.74, 6) is 1.30. The summed E-state index contributed by atoms with van der Waals surface area (Å²) in [5, 5.41) is 0. The van der Waals surface area contributed by atoms with Gasteiger partial charge in [-0.25, -0.2) is 0 Å². The zero-order valence-electron chi connectivity index (χ0n) is 13.7. The van der Waals surface area contributed by atoms with Crippen LogP contribution in [0.4, 0.5) is 0 Å². The third kappa shape index (κ3) is 2.54. The van der Waals surface area contributed by atoms with Crippen LogP contribution >= 0.6 is 0 Å². The first kappa shape index (κ1) is 15.5. The highest BCUT2D eigenvalue weighted by molar-refractivity contribution is 6.73. The Morgan fingerprint density at radius 1 is 1.16 bits per heavy atom. The van der Waals surface area contributed by atoms with E-state index in [9.17, 15) is 0 Å². The molecule has 0 amide bonds. The lowest BCUT2D eigenvalue weighted by molar-refractivity contribution is -0.00239. The van der Waals surface area contributed by atoms with Gasteiger partial charge < -0.3 is 9.16 Å². The first-order chi connectivity index (χ1) is 8.86. The molecular formula is C16H32O2Si. The van der Waals surface area contributed by atoms with Gasteiger partial charge in [0.15, 0.2) is 8.32 Å². The van der Waals surface area contributed by atoms with Gasteiger partial charge in [0.25, 0.3) is 0 Å². The zero-order chi connectivity index (χ0) is 14.3. The van der Waals surface area contributed by atoms with Crippen molar-refractivity contribution in [2.45, 2.75) is 83.7 Å². The predicted octanol–water partition coefficient (Wildman–Crippen LogP) is 4.60. The van der Waals surface area contributed by atoms with Crippen molar-refractivity contribution in [3.05, 3.63) is 0 Å². The Morgan fingerprint density at radius 3 is 2.11 bits per heavy atom. The van der Waals surface area contributed by atoms with Crippen molar-refractivity contribution in [2.75, 3.05) is 6.61 Å². The Bertz CT molecular complexity index is 310. The Balaban J connectivity index is 2.14. The molecular weight excluding hydrogens is 252 g/mol. The molecule has 2 rings (SSSR count). The molecule has 2 fully saturated rings. The smallest absolute Gasteiger partial charge is 0.192 e. The lowest BCUT2D eigenvalue weighted by Crippen LogP contribution is -2.51. The molecule has 1 aliphatic heterocycles. The summed E-state index contributed by atoms with van der Waals surface area (Å²) in [6.07, 6.45) is 2.58. The Kier molecular flexibility index (Phi) is 4.21. The second-order valence-corrected chi connectivity index (χ2v) is 11.9. The maximum atomic E-state index is 6.84. The normalized spacial score (nSPS) is 35.1. The topological polar surface area (TPSA) is 21.8 Å². The monoisotopic (exact) mass is 284 g/mol. The molecule has 1 saturated carbocycles. The third-order valence-corrected chi connectivity index (χ3v) is 10.9. The molecule has 1 saturated heterocycles. The van der Waals surface area contributed by atoms with Crippen LogP contribution in [0.2, 0.25) is 18.1 Å². The minimum absolute atomic E-state index is 0.0183. The molecule has 0 aromatic carbocycles. The largest absolute Gasteiger partial charge is 0.412 e. The Labute approximate surface area is 120 Å². The highest BCUT2D eigenvalue weighted by atomic mass is 28.4. The van der Waals surface area contributed by atoms with Crippen molar-refractivity contribution < 1.29 is 9.16 Å². The van der Waals surface area contributed by atoms with Crippen LogP contribution in [0.5, 0.6) is 0 Å². The molecule has 1 aliphatic carbocycles. The van der Waals surface area contributed by atoms with Gasteiger partial charge in [0.05, 0.1) is 17.8 Å². The summed E-state index contributed by atoms with van der Waals surface area (Å²) in [6, 6.07) is 3.71. The van der Waals surface area contributed by atoms with E-state index in [1.165, 1.54) is 31.0 Å². The van der Waals surface area contributed by atoms with E-state index in [4.69, 9.17) is 9.16 Å². The van der Waals surface area contributed by atoms with E-state index in [-0.39, 0.29) is 11.2 Å². The van der Waals surface area contributed by atoms with Crippen LogP contribution < -0.4 is 0 Å². The molecule has 3 atom stereocenters. The van der Waals surface area contributed by atoms with Gasteiger partial charge in [0.1, 0.15) is 0 Å². The summed E-state index contributed by atoms with van der Waals surface area (Å²) in [7, 11) is -1.53. The van der Waals surface area contributed by atoms with Gasteiger partial charge in [-0.05, 0) is 50.7 Å². The lowest BCUT2D eigenvalue weighted by Gasteiger charge is -2.43. The minimum Gasteiger partial charge on any atom is -0.412 e. The fourth-order valence-corrected chi connectivity index (χ4v) is 7.54. The molecule has 112 valence electrons. The van der Waals surface area contributed by atoms with Crippen molar-refractivity contribution in [3.8, 4) is 0 Å². The highest BCUT2D eigenvalue weighted by Gasteiger charge is 2.63. The predicted molar refractivity (Wildman–Crippen MR) is 82.9 cm³/mol. The summed E-state index contributed by atoms with van der Waals surface area (Å²) >= 11 is 0. The summed E-state index contributed by atoms with van der Waals surface area (Å²) in [4.78, 5) is 0. The first-order valence-corrected chi connectivity index (χ1v) is 10.7. The Hall–Kier alpha value is 0.137.